The molecule has 0 N–H and O–H groups in total. The Labute approximate surface area is 212 Å². The lowest BCUT2D eigenvalue weighted by Gasteiger charge is -2.42. The number of rotatable bonds is 7. The first-order valence-electron chi connectivity index (χ1n) is 11.8. The molecule has 2 aromatic rings. The van der Waals surface area contributed by atoms with E-state index in [1.165, 1.54) is 28.6 Å². The number of hydrogen-bond acceptors (Lipinski definition) is 6. The number of carbonyl (C=O) groups is 1. The summed E-state index contributed by atoms with van der Waals surface area (Å²) in [7, 11) is 3.27. The summed E-state index contributed by atoms with van der Waals surface area (Å²) in [5.74, 6) is 0.711. The van der Waals surface area contributed by atoms with Crippen molar-refractivity contribution < 1.29 is 14.3 Å². The van der Waals surface area contributed by atoms with Crippen molar-refractivity contribution in [2.45, 2.75) is 33.2 Å². The standard InChI is InChI=1S/C28H33N3O3S/c1-7-31-24-13-8-20(16-23(24)19(2)18-28(31,3)4)17-25-26(32)30(14-15-33-5)27(35-25)29-21-9-11-22(34-6)12-10-21/h8-13,16-18H,7,14-15H2,1-6H3/b25-17+,29-27?. The van der Waals surface area contributed by atoms with Gasteiger partial charge in [0.1, 0.15) is 5.75 Å². The van der Waals surface area contributed by atoms with Crippen LogP contribution in [0.3, 0.4) is 0 Å². The fraction of sp³-hybridized carbons (Fsp3) is 0.357. The van der Waals surface area contributed by atoms with Gasteiger partial charge < -0.3 is 14.4 Å². The number of allylic oxidation sites excluding steroid dienone is 1. The molecular formula is C28H33N3O3S. The summed E-state index contributed by atoms with van der Waals surface area (Å²) in [6.45, 7) is 10.6. The van der Waals surface area contributed by atoms with Gasteiger partial charge in [-0.1, -0.05) is 12.1 Å². The Kier molecular flexibility index (Phi) is 7.38. The van der Waals surface area contributed by atoms with E-state index in [9.17, 15) is 4.79 Å². The second kappa shape index (κ2) is 10.3. The number of thioether (sulfide) groups is 1. The number of hydrogen-bond donors (Lipinski definition) is 0. The Hall–Kier alpha value is -3.03. The van der Waals surface area contributed by atoms with Crippen LogP contribution >= 0.6 is 11.8 Å². The van der Waals surface area contributed by atoms with Crippen LogP contribution in [0.2, 0.25) is 0 Å². The van der Waals surface area contributed by atoms with E-state index >= 15 is 0 Å². The Morgan fingerprint density at radius 1 is 1.11 bits per heavy atom. The summed E-state index contributed by atoms with van der Waals surface area (Å²) in [6.07, 6.45) is 4.28. The Morgan fingerprint density at radius 2 is 1.86 bits per heavy atom. The van der Waals surface area contributed by atoms with Crippen molar-refractivity contribution in [1.29, 1.82) is 0 Å². The first-order chi connectivity index (χ1) is 16.8. The van der Waals surface area contributed by atoms with Crippen molar-refractivity contribution in [3.63, 3.8) is 0 Å². The van der Waals surface area contributed by atoms with Crippen molar-refractivity contribution in [1.82, 2.24) is 4.90 Å². The van der Waals surface area contributed by atoms with Crippen LogP contribution in [0.15, 0.2) is 58.4 Å². The lowest BCUT2D eigenvalue weighted by Crippen LogP contribution is -2.44. The summed E-state index contributed by atoms with van der Waals surface area (Å²) < 4.78 is 10.5. The highest BCUT2D eigenvalue weighted by molar-refractivity contribution is 8.18. The van der Waals surface area contributed by atoms with Gasteiger partial charge in [-0.25, -0.2) is 4.99 Å². The summed E-state index contributed by atoms with van der Waals surface area (Å²) in [6, 6.07) is 13.9. The number of aliphatic imine (C=N–C) groups is 1. The normalized spacial score (nSPS) is 19.4. The molecular weight excluding hydrogens is 458 g/mol. The number of ether oxygens (including phenoxy) is 2. The molecule has 0 aromatic heterocycles. The molecule has 0 radical (unpaired) electrons. The van der Waals surface area contributed by atoms with E-state index in [-0.39, 0.29) is 11.4 Å². The topological polar surface area (TPSA) is 54.4 Å². The average Bonchev–Trinajstić information content (AvgIpc) is 3.11. The van der Waals surface area contributed by atoms with Gasteiger partial charge in [0.15, 0.2) is 5.17 Å². The SMILES string of the molecule is CCN1c2ccc(/C=C3/SC(=Nc4ccc(OC)cc4)N(CCOC)C3=O)cc2C(C)=CC1(C)C. The van der Waals surface area contributed by atoms with E-state index in [2.05, 4.69) is 56.9 Å². The zero-order valence-corrected chi connectivity index (χ0v) is 22.1. The molecule has 6 nitrogen and oxygen atoms in total. The number of fused-ring (bicyclic) bond motifs is 1. The van der Waals surface area contributed by atoms with Crippen molar-refractivity contribution in [3.8, 4) is 5.75 Å². The lowest BCUT2D eigenvalue weighted by molar-refractivity contribution is -0.122. The van der Waals surface area contributed by atoms with Crippen molar-refractivity contribution in [2.24, 2.45) is 4.99 Å². The van der Waals surface area contributed by atoms with E-state index in [1.54, 1.807) is 19.1 Å². The molecule has 2 heterocycles. The molecule has 0 bridgehead atoms. The number of anilines is 1. The Bertz CT molecular complexity index is 1200. The minimum Gasteiger partial charge on any atom is -0.497 e. The van der Waals surface area contributed by atoms with Gasteiger partial charge in [0, 0.05) is 24.9 Å². The first kappa shape index (κ1) is 25.1. The highest BCUT2D eigenvalue weighted by Crippen LogP contribution is 2.40. The predicted molar refractivity (Wildman–Crippen MR) is 146 cm³/mol. The molecule has 1 fully saturated rings. The monoisotopic (exact) mass is 491 g/mol. The van der Waals surface area contributed by atoms with Crippen molar-refractivity contribution in [2.75, 3.05) is 38.8 Å². The number of benzene rings is 2. The summed E-state index contributed by atoms with van der Waals surface area (Å²) in [5, 5.41) is 0.649. The molecule has 0 unspecified atom stereocenters. The second-order valence-corrected chi connectivity index (χ2v) is 10.2. The minimum atomic E-state index is -0.0550. The molecule has 1 saturated heterocycles. The largest absolute Gasteiger partial charge is 0.497 e. The van der Waals surface area contributed by atoms with Crippen LogP contribution in [0.5, 0.6) is 5.75 Å². The summed E-state index contributed by atoms with van der Waals surface area (Å²) >= 11 is 1.40. The van der Waals surface area contributed by atoms with Crippen LogP contribution in [-0.4, -0.2) is 55.4 Å². The number of amides is 1. The van der Waals surface area contributed by atoms with Gasteiger partial charge in [0.05, 0.1) is 36.4 Å². The Balaban J connectivity index is 1.67. The van der Waals surface area contributed by atoms with Crippen molar-refractivity contribution in [3.05, 3.63) is 64.6 Å². The van der Waals surface area contributed by atoms with E-state index < -0.39 is 0 Å². The third-order valence-electron chi connectivity index (χ3n) is 6.32. The van der Waals surface area contributed by atoms with Crippen LogP contribution in [-0.2, 0) is 9.53 Å². The van der Waals surface area contributed by atoms with Crippen LogP contribution < -0.4 is 9.64 Å². The number of carbonyl (C=O) groups excluding carboxylic acids is 1. The molecule has 184 valence electrons. The number of amidine groups is 1. The zero-order chi connectivity index (χ0) is 25.2. The fourth-order valence-corrected chi connectivity index (χ4v) is 5.68. The molecule has 35 heavy (non-hydrogen) atoms. The molecule has 2 aliphatic rings. The van der Waals surface area contributed by atoms with Gasteiger partial charge in [0.25, 0.3) is 5.91 Å². The average molecular weight is 492 g/mol. The molecule has 0 spiro atoms. The van der Waals surface area contributed by atoms with Gasteiger partial charge >= 0.3 is 0 Å². The molecule has 2 aliphatic heterocycles. The third-order valence-corrected chi connectivity index (χ3v) is 7.33. The lowest BCUT2D eigenvalue weighted by atomic mass is 9.88. The highest BCUT2D eigenvalue weighted by Gasteiger charge is 2.34. The highest BCUT2D eigenvalue weighted by atomic mass is 32.2. The predicted octanol–water partition coefficient (Wildman–Crippen LogP) is 5.97. The van der Waals surface area contributed by atoms with E-state index in [4.69, 9.17) is 14.5 Å². The van der Waals surface area contributed by atoms with Gasteiger partial charge in [-0.3, -0.25) is 9.69 Å². The first-order valence-corrected chi connectivity index (χ1v) is 12.6. The number of likely N-dealkylation sites (N-methyl/N-ethyl adjacent to an activating group) is 1. The fourth-order valence-electron chi connectivity index (χ4n) is 4.66. The molecule has 0 aliphatic carbocycles. The molecule has 1 amide bonds. The minimum absolute atomic E-state index is 0.0300. The van der Waals surface area contributed by atoms with Gasteiger partial charge in [0.2, 0.25) is 0 Å². The van der Waals surface area contributed by atoms with Crippen molar-refractivity contribution >= 4 is 45.9 Å². The maximum atomic E-state index is 13.3. The molecule has 7 heteroatoms. The van der Waals surface area contributed by atoms with Crippen LogP contribution in [0.25, 0.3) is 11.6 Å². The molecule has 0 saturated carbocycles. The van der Waals surface area contributed by atoms with Crippen LogP contribution in [0, 0.1) is 0 Å². The summed E-state index contributed by atoms with van der Waals surface area (Å²) in [5.41, 5.74) is 5.43. The van der Waals surface area contributed by atoms with Crippen LogP contribution in [0.4, 0.5) is 11.4 Å². The molecule has 0 atom stereocenters. The maximum Gasteiger partial charge on any atom is 0.266 e. The van der Waals surface area contributed by atoms with Gasteiger partial charge in [-0.05, 0) is 93.1 Å². The van der Waals surface area contributed by atoms with Gasteiger partial charge in [-0.2, -0.15) is 0 Å². The molecule has 4 rings (SSSR count). The zero-order valence-electron chi connectivity index (χ0n) is 21.3. The second-order valence-electron chi connectivity index (χ2n) is 9.15. The number of methoxy groups -OCH3 is 2. The maximum absolute atomic E-state index is 13.3. The van der Waals surface area contributed by atoms with Crippen LogP contribution in [0.1, 0.15) is 38.8 Å². The quantitative estimate of drug-likeness (QED) is 0.447. The Morgan fingerprint density at radius 3 is 2.51 bits per heavy atom. The molecule has 2 aromatic carbocycles. The van der Waals surface area contributed by atoms with E-state index in [1.807, 2.05) is 30.3 Å². The number of nitrogens with zero attached hydrogens (tertiary/aromatic N) is 3. The van der Waals surface area contributed by atoms with E-state index in [0.717, 1.165) is 23.5 Å². The third kappa shape index (κ3) is 5.16. The van der Waals surface area contributed by atoms with E-state index in [0.29, 0.717) is 23.2 Å². The smallest absolute Gasteiger partial charge is 0.266 e. The van der Waals surface area contributed by atoms with Gasteiger partial charge in [-0.15, -0.1) is 0 Å². The summed E-state index contributed by atoms with van der Waals surface area (Å²) in [4.78, 5) is 22.8.